The van der Waals surface area contributed by atoms with Crippen LogP contribution in [0.15, 0.2) is 90.2 Å². The van der Waals surface area contributed by atoms with E-state index in [2.05, 4.69) is 20.8 Å². The molecule has 4 aromatic rings. The van der Waals surface area contributed by atoms with Gasteiger partial charge in [0.25, 0.3) is 11.6 Å². The summed E-state index contributed by atoms with van der Waals surface area (Å²) < 4.78 is 5.28. The quantitative estimate of drug-likeness (QED) is 0.186. The number of nitrogens with zero attached hydrogens (tertiary/aromatic N) is 2. The molecule has 36 heavy (non-hydrogen) atoms. The van der Waals surface area contributed by atoms with E-state index in [4.69, 9.17) is 4.74 Å². The molecule has 0 aliphatic rings. The number of ether oxygens (including phenoxy) is 1. The summed E-state index contributed by atoms with van der Waals surface area (Å²) in [6.45, 7) is 0.0546. The fourth-order valence-electron chi connectivity index (χ4n) is 3.60. The first kappa shape index (κ1) is 24.1. The third-order valence-electron chi connectivity index (χ3n) is 5.39. The van der Waals surface area contributed by atoms with Gasteiger partial charge in [-0.25, -0.2) is 10.2 Å². The smallest absolute Gasteiger partial charge is 0.408 e. The number of benzene rings is 3. The van der Waals surface area contributed by atoms with Gasteiger partial charge in [0, 0.05) is 41.2 Å². The lowest BCUT2D eigenvalue weighted by Crippen LogP contribution is -2.47. The van der Waals surface area contributed by atoms with Crippen LogP contribution in [0.3, 0.4) is 0 Å². The first-order chi connectivity index (χ1) is 17.5. The number of hydrogen-bond donors (Lipinski definition) is 3. The van der Waals surface area contributed by atoms with Crippen LogP contribution in [0.5, 0.6) is 0 Å². The number of amides is 2. The number of rotatable bonds is 9. The molecular weight excluding hydrogens is 462 g/mol. The third-order valence-corrected chi connectivity index (χ3v) is 5.39. The number of nitro benzene ring substituents is 1. The fourth-order valence-corrected chi connectivity index (χ4v) is 3.60. The van der Waals surface area contributed by atoms with E-state index in [1.165, 1.54) is 24.4 Å². The summed E-state index contributed by atoms with van der Waals surface area (Å²) in [4.78, 5) is 39.1. The zero-order valence-corrected chi connectivity index (χ0v) is 19.1. The minimum Gasteiger partial charge on any atom is -0.445 e. The lowest BCUT2D eigenvalue weighted by Gasteiger charge is -2.17. The first-order valence-corrected chi connectivity index (χ1v) is 11.1. The second-order valence-electron chi connectivity index (χ2n) is 7.91. The molecule has 0 saturated carbocycles. The number of H-pyrrole nitrogens is 1. The van der Waals surface area contributed by atoms with Gasteiger partial charge in [0.05, 0.1) is 11.1 Å². The molecule has 3 N–H and O–H groups in total. The molecular formula is C26H23N5O5. The van der Waals surface area contributed by atoms with Crippen molar-refractivity contribution in [2.45, 2.75) is 19.1 Å². The van der Waals surface area contributed by atoms with Crippen molar-refractivity contribution < 1.29 is 19.2 Å². The number of para-hydroxylation sites is 1. The van der Waals surface area contributed by atoms with Gasteiger partial charge in [0.2, 0.25) is 0 Å². The Hall–Kier alpha value is -4.99. The zero-order valence-electron chi connectivity index (χ0n) is 19.1. The highest BCUT2D eigenvalue weighted by atomic mass is 16.6. The van der Waals surface area contributed by atoms with Gasteiger partial charge in [-0.15, -0.1) is 0 Å². The lowest BCUT2D eigenvalue weighted by atomic mass is 10.0. The fraction of sp³-hybridized carbons (Fsp3) is 0.115. The van der Waals surface area contributed by atoms with Gasteiger partial charge < -0.3 is 15.0 Å². The number of hydrogen-bond acceptors (Lipinski definition) is 6. The molecule has 4 rings (SSSR count). The molecule has 10 nitrogen and oxygen atoms in total. The Morgan fingerprint density at radius 2 is 1.83 bits per heavy atom. The maximum Gasteiger partial charge on any atom is 0.408 e. The molecule has 1 aromatic heterocycles. The number of aromatic amines is 1. The Labute approximate surface area is 206 Å². The average Bonchev–Trinajstić information content (AvgIpc) is 3.30. The Kier molecular flexibility index (Phi) is 7.66. The summed E-state index contributed by atoms with van der Waals surface area (Å²) >= 11 is 0. The zero-order chi connectivity index (χ0) is 25.3. The minimum absolute atomic E-state index is 0.0546. The van der Waals surface area contributed by atoms with E-state index >= 15 is 0 Å². The number of fused-ring (bicyclic) bond motifs is 1. The first-order valence-electron chi connectivity index (χ1n) is 11.1. The van der Waals surface area contributed by atoms with Gasteiger partial charge >= 0.3 is 6.09 Å². The molecule has 3 aromatic carbocycles. The molecule has 1 atom stereocenters. The minimum atomic E-state index is -0.991. The Morgan fingerprint density at radius 3 is 2.64 bits per heavy atom. The van der Waals surface area contributed by atoms with Gasteiger partial charge in [-0.05, 0) is 17.2 Å². The number of carbonyl (C=O) groups excluding carboxylic acids is 2. The molecule has 1 heterocycles. The Morgan fingerprint density at radius 1 is 1.06 bits per heavy atom. The standard InChI is InChI=1S/C26H23N5O5/c32-25(30-28-15-19-9-6-10-21(13-19)31(34)35)24(14-20-16-27-23-12-5-4-11-22(20)23)29-26(33)36-17-18-7-2-1-3-8-18/h1-13,15-16,24,27H,14,17H2,(H,29,33)(H,30,32)/b28-15-/t24-/m0/s1. The van der Waals surface area contributed by atoms with E-state index in [9.17, 15) is 19.7 Å². The maximum absolute atomic E-state index is 13.0. The van der Waals surface area contributed by atoms with Gasteiger partial charge in [0.1, 0.15) is 12.6 Å². The summed E-state index contributed by atoms with van der Waals surface area (Å²) in [5.41, 5.74) is 5.29. The molecule has 2 amide bonds. The molecule has 0 spiro atoms. The molecule has 0 aliphatic heterocycles. The number of nitro groups is 1. The predicted molar refractivity (Wildman–Crippen MR) is 134 cm³/mol. The summed E-state index contributed by atoms with van der Waals surface area (Å²) in [5, 5.41) is 18.4. The van der Waals surface area contributed by atoms with Crippen LogP contribution in [-0.4, -0.2) is 34.2 Å². The van der Waals surface area contributed by atoms with Gasteiger partial charge in [-0.1, -0.05) is 60.7 Å². The van der Waals surface area contributed by atoms with Crippen molar-refractivity contribution in [1.29, 1.82) is 0 Å². The second kappa shape index (κ2) is 11.4. The number of hydrazone groups is 1. The molecule has 0 saturated heterocycles. The van der Waals surface area contributed by atoms with E-state index in [0.29, 0.717) is 5.56 Å². The highest BCUT2D eigenvalue weighted by molar-refractivity contribution is 5.89. The second-order valence-corrected chi connectivity index (χ2v) is 7.91. The van der Waals surface area contributed by atoms with E-state index in [1.807, 2.05) is 54.6 Å². The Bertz CT molecular complexity index is 1400. The molecule has 10 heteroatoms. The van der Waals surface area contributed by atoms with Crippen LogP contribution in [0.2, 0.25) is 0 Å². The van der Waals surface area contributed by atoms with Crippen molar-refractivity contribution in [3.05, 3.63) is 112 Å². The van der Waals surface area contributed by atoms with E-state index < -0.39 is 23.0 Å². The van der Waals surface area contributed by atoms with Crippen molar-refractivity contribution >= 4 is 34.8 Å². The van der Waals surface area contributed by atoms with E-state index in [0.717, 1.165) is 22.0 Å². The predicted octanol–water partition coefficient (Wildman–Crippen LogP) is 4.06. The molecule has 182 valence electrons. The molecule has 0 unspecified atom stereocenters. The number of alkyl carbamates (subject to hydrolysis) is 1. The van der Waals surface area contributed by atoms with Crippen molar-refractivity contribution in [3.63, 3.8) is 0 Å². The topological polar surface area (TPSA) is 139 Å². The molecule has 0 fully saturated rings. The number of nitrogens with one attached hydrogen (secondary N) is 3. The van der Waals surface area contributed by atoms with Gasteiger partial charge in [-0.3, -0.25) is 14.9 Å². The average molecular weight is 486 g/mol. The van der Waals surface area contributed by atoms with Crippen LogP contribution < -0.4 is 10.7 Å². The van der Waals surface area contributed by atoms with Crippen molar-refractivity contribution in [2.24, 2.45) is 5.10 Å². The molecule has 0 aliphatic carbocycles. The summed E-state index contributed by atoms with van der Waals surface area (Å²) in [6, 6.07) is 21.6. The van der Waals surface area contributed by atoms with Crippen LogP contribution >= 0.6 is 0 Å². The van der Waals surface area contributed by atoms with Crippen LogP contribution in [0.25, 0.3) is 10.9 Å². The third kappa shape index (κ3) is 6.32. The normalized spacial score (nSPS) is 11.8. The van der Waals surface area contributed by atoms with Crippen LogP contribution in [0.1, 0.15) is 16.7 Å². The summed E-state index contributed by atoms with van der Waals surface area (Å²) in [7, 11) is 0. The molecule has 0 radical (unpaired) electrons. The van der Waals surface area contributed by atoms with Crippen LogP contribution in [0.4, 0.5) is 10.5 Å². The number of aromatic nitrogens is 1. The Balaban J connectivity index is 1.46. The highest BCUT2D eigenvalue weighted by Gasteiger charge is 2.23. The number of carbonyl (C=O) groups is 2. The van der Waals surface area contributed by atoms with Gasteiger partial charge in [-0.2, -0.15) is 5.10 Å². The molecule has 0 bridgehead atoms. The number of non-ortho nitro benzene ring substituents is 1. The van der Waals surface area contributed by atoms with Crippen LogP contribution in [0, 0.1) is 10.1 Å². The van der Waals surface area contributed by atoms with Crippen molar-refractivity contribution in [2.75, 3.05) is 0 Å². The SMILES string of the molecule is O=C(N[C@@H](Cc1c[nH]c2ccccc12)C(=O)N/N=C\c1cccc([N+](=O)[O-])c1)OCc1ccccc1. The van der Waals surface area contributed by atoms with Gasteiger partial charge in [0.15, 0.2) is 0 Å². The summed E-state index contributed by atoms with van der Waals surface area (Å²) in [5.74, 6) is -0.571. The van der Waals surface area contributed by atoms with E-state index in [1.54, 1.807) is 12.3 Å². The maximum atomic E-state index is 13.0. The van der Waals surface area contributed by atoms with E-state index in [-0.39, 0.29) is 18.7 Å². The monoisotopic (exact) mass is 485 g/mol. The lowest BCUT2D eigenvalue weighted by molar-refractivity contribution is -0.384. The van der Waals surface area contributed by atoms with Crippen LogP contribution in [-0.2, 0) is 22.6 Å². The highest BCUT2D eigenvalue weighted by Crippen LogP contribution is 2.19. The largest absolute Gasteiger partial charge is 0.445 e. The summed E-state index contributed by atoms with van der Waals surface area (Å²) in [6.07, 6.45) is 2.51. The van der Waals surface area contributed by atoms with Crippen molar-refractivity contribution in [3.8, 4) is 0 Å². The van der Waals surface area contributed by atoms with Crippen molar-refractivity contribution in [1.82, 2.24) is 15.7 Å².